The third-order valence-corrected chi connectivity index (χ3v) is 5.79. The highest BCUT2D eigenvalue weighted by Gasteiger charge is 2.04. The molecule has 0 radical (unpaired) electrons. The number of aliphatic hydroxyl groups is 2. The van der Waals surface area contributed by atoms with Gasteiger partial charge in [-0.2, -0.15) is 0 Å². The van der Waals surface area contributed by atoms with E-state index in [1.54, 1.807) is 0 Å². The van der Waals surface area contributed by atoms with Crippen molar-refractivity contribution in [1.82, 2.24) is 4.90 Å². The molecule has 0 saturated carbocycles. The fourth-order valence-electron chi connectivity index (χ4n) is 3.79. The highest BCUT2D eigenvalue weighted by Crippen LogP contribution is 2.13. The highest BCUT2D eigenvalue weighted by atomic mass is 16.3. The number of hydrogen-bond donors (Lipinski definition) is 3. The van der Waals surface area contributed by atoms with Crippen molar-refractivity contribution in [2.75, 3.05) is 33.3 Å². The molecule has 0 aliphatic carbocycles. The molecule has 0 saturated heterocycles. The molecule has 0 aromatic rings. The minimum atomic E-state index is 0.198. The molecule has 0 spiro atoms. The van der Waals surface area contributed by atoms with Crippen LogP contribution in [-0.2, 0) is 0 Å². The van der Waals surface area contributed by atoms with Crippen molar-refractivity contribution in [3.63, 3.8) is 0 Å². The fourth-order valence-corrected chi connectivity index (χ4v) is 3.79. The van der Waals surface area contributed by atoms with Crippen LogP contribution < -0.4 is 4.99 Å². The summed E-state index contributed by atoms with van der Waals surface area (Å²) in [5.41, 5.74) is 0. The van der Waals surface area contributed by atoms with Crippen LogP contribution in [0.4, 0.5) is 0 Å². The highest BCUT2D eigenvalue weighted by molar-refractivity contribution is 5.67. The molecule has 0 aromatic heterocycles. The molecule has 0 amide bonds. The van der Waals surface area contributed by atoms with Crippen molar-refractivity contribution in [2.45, 2.75) is 122 Å². The van der Waals surface area contributed by atoms with Crippen molar-refractivity contribution in [2.24, 2.45) is 0 Å². The number of aliphatic hydroxyl groups excluding tert-OH is 2. The van der Waals surface area contributed by atoms with Crippen LogP contribution in [0, 0.1) is 0 Å². The largest absolute Gasteiger partial charge is 0.464 e. The maximum absolute atomic E-state index is 9.86. The van der Waals surface area contributed by atoms with Crippen LogP contribution in [0.25, 0.3) is 0 Å². The zero-order chi connectivity index (χ0) is 21.4. The average Bonchev–Trinajstić information content (AvgIpc) is 2.70. The van der Waals surface area contributed by atoms with Gasteiger partial charge in [0.25, 0.3) is 0 Å². The maximum Gasteiger partial charge on any atom is 0.332 e. The first-order chi connectivity index (χ1) is 14.2. The van der Waals surface area contributed by atoms with Gasteiger partial charge < -0.3 is 15.1 Å². The minimum Gasteiger partial charge on any atom is -0.464 e. The van der Waals surface area contributed by atoms with Gasteiger partial charge in [0, 0.05) is 13.0 Å². The van der Waals surface area contributed by atoms with Crippen molar-refractivity contribution < 1.29 is 15.2 Å². The van der Waals surface area contributed by atoms with Gasteiger partial charge in [-0.3, -0.25) is 0 Å². The van der Waals surface area contributed by atoms with Gasteiger partial charge in [-0.1, -0.05) is 96.8 Å². The molecule has 3 N–H and O–H groups in total. The van der Waals surface area contributed by atoms with Crippen LogP contribution in [0.3, 0.4) is 0 Å². The summed E-state index contributed by atoms with van der Waals surface area (Å²) in [7, 11) is 2.00. The van der Waals surface area contributed by atoms with E-state index in [0.717, 1.165) is 25.9 Å². The number of nitrogens with one attached hydrogen (secondary N) is 1. The van der Waals surface area contributed by atoms with E-state index >= 15 is 0 Å². The zero-order valence-electron chi connectivity index (χ0n) is 19.9. The van der Waals surface area contributed by atoms with Crippen molar-refractivity contribution in [3.8, 4) is 0 Å². The maximum atomic E-state index is 9.86. The molecular weight excluding hydrogens is 360 g/mol. The van der Waals surface area contributed by atoms with E-state index < -0.39 is 0 Å². The third-order valence-electron chi connectivity index (χ3n) is 5.79. The first kappa shape index (κ1) is 28.4. The Hall–Kier alpha value is -0.610. The molecule has 0 unspecified atom stereocenters. The van der Waals surface area contributed by atoms with Crippen LogP contribution in [0.1, 0.15) is 122 Å². The van der Waals surface area contributed by atoms with E-state index in [9.17, 15) is 5.11 Å². The van der Waals surface area contributed by atoms with Crippen LogP contribution >= 0.6 is 0 Å². The Labute approximate surface area is 182 Å². The Morgan fingerprint density at radius 3 is 1.55 bits per heavy atom. The molecule has 4 nitrogen and oxygen atoms in total. The van der Waals surface area contributed by atoms with Crippen molar-refractivity contribution in [1.29, 1.82) is 0 Å². The smallest absolute Gasteiger partial charge is 0.332 e. The molecule has 0 atom stereocenters. The summed E-state index contributed by atoms with van der Waals surface area (Å²) in [6, 6.07) is 0. The normalized spacial score (nSPS) is 12.2. The Kier molecular flexibility index (Phi) is 23.2. The Morgan fingerprint density at radius 2 is 1.10 bits per heavy atom. The van der Waals surface area contributed by atoms with E-state index in [1.807, 2.05) is 7.05 Å². The lowest BCUT2D eigenvalue weighted by Crippen LogP contribution is -2.73. The molecule has 0 aliphatic rings. The van der Waals surface area contributed by atoms with Gasteiger partial charge in [-0.15, -0.1) is 0 Å². The number of nitrogens with zero attached hydrogens (tertiary/aromatic N) is 1. The van der Waals surface area contributed by atoms with Gasteiger partial charge in [0.1, 0.15) is 6.54 Å². The lowest BCUT2D eigenvalue weighted by molar-refractivity contribution is -0.468. The quantitative estimate of drug-likeness (QED) is 0.126. The fraction of sp³-hybridized carbons (Fsp3) is 0.960. The second-order valence-corrected chi connectivity index (χ2v) is 8.81. The lowest BCUT2D eigenvalue weighted by atomic mass is 10.0. The van der Waals surface area contributed by atoms with Gasteiger partial charge in [0.05, 0.1) is 13.0 Å². The first-order valence-corrected chi connectivity index (χ1v) is 12.8. The molecule has 0 aromatic carbocycles. The Balaban J connectivity index is 3.23. The lowest BCUT2D eigenvalue weighted by Gasteiger charge is -2.13. The molecule has 0 aliphatic heterocycles. The SMILES string of the molecule is CCCCCCCCCCCCCCCCCC[NH+]=C(O)CCCN(C)CCO. The van der Waals surface area contributed by atoms with Crippen molar-refractivity contribution >= 4 is 5.90 Å². The monoisotopic (exact) mass is 413 g/mol. The zero-order valence-corrected chi connectivity index (χ0v) is 19.9. The molecule has 0 bridgehead atoms. The van der Waals surface area contributed by atoms with Gasteiger partial charge in [-0.25, -0.2) is 4.99 Å². The van der Waals surface area contributed by atoms with E-state index in [1.165, 1.54) is 96.3 Å². The van der Waals surface area contributed by atoms with Crippen LogP contribution in [0.5, 0.6) is 0 Å². The molecule has 174 valence electrons. The molecule has 0 heterocycles. The van der Waals surface area contributed by atoms with Crippen molar-refractivity contribution in [3.05, 3.63) is 0 Å². The molecule has 0 rings (SSSR count). The number of unbranched alkanes of at least 4 members (excludes halogenated alkanes) is 15. The van der Waals surface area contributed by atoms with Gasteiger partial charge in [0.15, 0.2) is 0 Å². The first-order valence-electron chi connectivity index (χ1n) is 12.8. The second kappa shape index (κ2) is 23.7. The van der Waals surface area contributed by atoms with Gasteiger partial charge in [-0.05, 0) is 26.4 Å². The topological polar surface area (TPSA) is 57.7 Å². The van der Waals surface area contributed by atoms with E-state index in [2.05, 4.69) is 16.8 Å². The standard InChI is InChI=1S/C25H52N2O2/c1-3-4-5-6-7-8-9-10-11-12-13-14-15-16-17-18-21-26-25(29)20-19-22-27(2)23-24-28/h28H,3-24H2,1-2H3,(H,26,29)/p+1. The van der Waals surface area contributed by atoms with E-state index in [0.29, 0.717) is 18.9 Å². The Bertz CT molecular complexity index is 348. The summed E-state index contributed by atoms with van der Waals surface area (Å²) in [6.45, 7) is 4.98. The van der Waals surface area contributed by atoms with E-state index in [4.69, 9.17) is 5.11 Å². The summed E-state index contributed by atoms with van der Waals surface area (Å²) in [6.07, 6.45) is 23.8. The minimum absolute atomic E-state index is 0.198. The Morgan fingerprint density at radius 1 is 0.655 bits per heavy atom. The predicted molar refractivity (Wildman–Crippen MR) is 127 cm³/mol. The van der Waals surface area contributed by atoms with Crippen LogP contribution in [0.15, 0.2) is 0 Å². The number of rotatable bonds is 23. The third kappa shape index (κ3) is 23.5. The van der Waals surface area contributed by atoms with E-state index in [-0.39, 0.29) is 6.61 Å². The second-order valence-electron chi connectivity index (χ2n) is 8.81. The summed E-state index contributed by atoms with van der Waals surface area (Å²) in [5, 5.41) is 18.7. The van der Waals surface area contributed by atoms with Crippen LogP contribution in [-0.4, -0.2) is 54.3 Å². The number of hydrogen-bond acceptors (Lipinski definition) is 2. The molecule has 0 fully saturated rings. The molecule has 29 heavy (non-hydrogen) atoms. The molecule has 4 heteroatoms. The average molecular weight is 414 g/mol. The summed E-state index contributed by atoms with van der Waals surface area (Å²) in [4.78, 5) is 5.23. The summed E-state index contributed by atoms with van der Waals surface area (Å²) in [5.74, 6) is 0.420. The van der Waals surface area contributed by atoms with Gasteiger partial charge in [0.2, 0.25) is 0 Å². The van der Waals surface area contributed by atoms with Crippen LogP contribution in [0.2, 0.25) is 0 Å². The van der Waals surface area contributed by atoms with Gasteiger partial charge >= 0.3 is 5.90 Å². The number of likely N-dealkylation sites (N-methyl/N-ethyl adjacent to an activating group) is 1. The summed E-state index contributed by atoms with van der Waals surface area (Å²) < 4.78 is 0. The predicted octanol–water partition coefficient (Wildman–Crippen LogP) is 4.99. The summed E-state index contributed by atoms with van der Waals surface area (Å²) >= 11 is 0. The molecular formula is C25H53N2O2+.